The molecule has 108 valence electrons. The highest BCUT2D eigenvalue weighted by atomic mass is 16.2. The minimum Gasteiger partial charge on any atom is -0.349 e. The number of carbonyl (C=O) groups is 2. The predicted octanol–water partition coefficient (Wildman–Crippen LogP) is 0.598. The summed E-state index contributed by atoms with van der Waals surface area (Å²) in [6.07, 6.45) is 4.32. The van der Waals surface area contributed by atoms with Crippen LogP contribution in [0.5, 0.6) is 0 Å². The van der Waals surface area contributed by atoms with Crippen molar-refractivity contribution >= 4 is 11.8 Å². The fraction of sp³-hybridized carbons (Fsp3) is 0.857. The summed E-state index contributed by atoms with van der Waals surface area (Å²) in [4.78, 5) is 28.0. The predicted molar refractivity (Wildman–Crippen MR) is 73.7 cm³/mol. The molecule has 0 saturated carbocycles. The Bertz CT molecular complexity index is 370. The second kappa shape index (κ2) is 5.49. The molecule has 0 radical (unpaired) electrons. The van der Waals surface area contributed by atoms with Crippen LogP contribution in [0.4, 0.5) is 0 Å². The van der Waals surface area contributed by atoms with Gasteiger partial charge in [-0.05, 0) is 46.7 Å². The maximum atomic E-state index is 12.4. The average molecular weight is 267 g/mol. The van der Waals surface area contributed by atoms with Crippen LogP contribution < -0.4 is 5.32 Å². The van der Waals surface area contributed by atoms with Gasteiger partial charge in [0.2, 0.25) is 11.8 Å². The topological polar surface area (TPSA) is 52.7 Å². The van der Waals surface area contributed by atoms with Crippen molar-refractivity contribution in [3.05, 3.63) is 0 Å². The quantitative estimate of drug-likeness (QED) is 0.797. The molecule has 0 unspecified atom stereocenters. The van der Waals surface area contributed by atoms with Crippen LogP contribution in [0, 0.1) is 0 Å². The number of rotatable bonds is 2. The van der Waals surface area contributed by atoms with Crippen LogP contribution in [0.3, 0.4) is 0 Å². The molecule has 5 heteroatoms. The lowest BCUT2D eigenvalue weighted by molar-refractivity contribution is -0.139. The number of hydrogen-bond acceptors (Lipinski definition) is 3. The minimum absolute atomic E-state index is 0.131. The van der Waals surface area contributed by atoms with E-state index in [2.05, 4.69) is 12.2 Å². The van der Waals surface area contributed by atoms with E-state index in [1.165, 1.54) is 0 Å². The lowest BCUT2D eigenvalue weighted by atomic mass is 9.81. The van der Waals surface area contributed by atoms with Crippen molar-refractivity contribution in [1.29, 1.82) is 0 Å². The molecule has 2 amide bonds. The monoisotopic (exact) mass is 267 g/mol. The minimum atomic E-state index is -0.242. The van der Waals surface area contributed by atoms with E-state index >= 15 is 0 Å². The van der Waals surface area contributed by atoms with Gasteiger partial charge in [-0.25, -0.2) is 0 Å². The number of nitrogens with zero attached hydrogens (tertiary/aromatic N) is 2. The van der Waals surface area contributed by atoms with Gasteiger partial charge in [0.25, 0.3) is 0 Å². The molecule has 0 spiro atoms. The first-order chi connectivity index (χ1) is 8.92. The van der Waals surface area contributed by atoms with Crippen molar-refractivity contribution in [2.75, 3.05) is 27.2 Å². The summed E-state index contributed by atoms with van der Waals surface area (Å²) in [7, 11) is 3.83. The van der Waals surface area contributed by atoms with Gasteiger partial charge in [0, 0.05) is 13.0 Å². The smallest absolute Gasteiger partial charge is 0.237 e. The van der Waals surface area contributed by atoms with E-state index < -0.39 is 0 Å². The third-order valence-corrected chi connectivity index (χ3v) is 4.29. The zero-order valence-electron chi connectivity index (χ0n) is 12.2. The van der Waals surface area contributed by atoms with Gasteiger partial charge >= 0.3 is 0 Å². The van der Waals surface area contributed by atoms with Crippen LogP contribution >= 0.6 is 0 Å². The maximum Gasteiger partial charge on any atom is 0.237 e. The molecule has 0 aliphatic carbocycles. The van der Waals surface area contributed by atoms with Crippen molar-refractivity contribution in [1.82, 2.24) is 15.1 Å². The van der Waals surface area contributed by atoms with Gasteiger partial charge in [-0.15, -0.1) is 0 Å². The number of carbonyl (C=O) groups excluding carboxylic acids is 2. The van der Waals surface area contributed by atoms with E-state index in [0.717, 1.165) is 32.2 Å². The SMILES string of the molecule is CN(C)CC(=O)N1CCC[C@]2(C)NC(=O)CCC[C@H]12. The number of amides is 2. The Hall–Kier alpha value is -1.10. The largest absolute Gasteiger partial charge is 0.349 e. The van der Waals surface area contributed by atoms with Gasteiger partial charge < -0.3 is 15.1 Å². The maximum absolute atomic E-state index is 12.4. The lowest BCUT2D eigenvalue weighted by Gasteiger charge is -2.48. The molecular weight excluding hydrogens is 242 g/mol. The van der Waals surface area contributed by atoms with Crippen LogP contribution in [0.2, 0.25) is 0 Å². The molecule has 2 aliphatic heterocycles. The molecule has 0 aromatic rings. The molecule has 2 aliphatic rings. The number of fused-ring (bicyclic) bond motifs is 1. The van der Waals surface area contributed by atoms with Gasteiger partial charge in [-0.3, -0.25) is 9.59 Å². The standard InChI is InChI=1S/C14H25N3O2/c1-14-8-5-9-17(13(19)10-16(2)3)11(14)6-4-7-12(18)15-14/h11H,4-10H2,1-3H3,(H,15,18)/t11-,14-/m0/s1. The molecule has 0 bridgehead atoms. The highest BCUT2D eigenvalue weighted by molar-refractivity contribution is 5.80. The van der Waals surface area contributed by atoms with Gasteiger partial charge in [0.15, 0.2) is 0 Å². The Morgan fingerprint density at radius 3 is 2.89 bits per heavy atom. The lowest BCUT2D eigenvalue weighted by Crippen LogP contribution is -2.64. The highest BCUT2D eigenvalue weighted by Crippen LogP contribution is 2.33. The molecule has 2 rings (SSSR count). The summed E-state index contributed by atoms with van der Waals surface area (Å²) in [5.74, 6) is 0.309. The second-order valence-electron chi connectivity index (χ2n) is 6.30. The van der Waals surface area contributed by atoms with Crippen LogP contribution in [0.15, 0.2) is 0 Å². The Labute approximate surface area is 115 Å². The van der Waals surface area contributed by atoms with Crippen LogP contribution in [-0.4, -0.2) is 60.4 Å². The number of likely N-dealkylation sites (N-methyl/N-ethyl adjacent to an activating group) is 1. The van der Waals surface area contributed by atoms with Crippen LogP contribution in [-0.2, 0) is 9.59 Å². The zero-order chi connectivity index (χ0) is 14.0. The summed E-state index contributed by atoms with van der Waals surface area (Å²) in [6, 6.07) is 0.153. The van der Waals surface area contributed by atoms with Gasteiger partial charge in [-0.1, -0.05) is 0 Å². The Balaban J connectivity index is 2.17. The summed E-state index contributed by atoms with van der Waals surface area (Å²) >= 11 is 0. The third kappa shape index (κ3) is 3.08. The van der Waals surface area contributed by atoms with Crippen molar-refractivity contribution in [3.8, 4) is 0 Å². The molecule has 1 N–H and O–H groups in total. The number of hydrogen-bond donors (Lipinski definition) is 1. The van der Waals surface area contributed by atoms with Gasteiger partial charge in [0.1, 0.15) is 0 Å². The van der Waals surface area contributed by atoms with Gasteiger partial charge in [-0.2, -0.15) is 0 Å². The van der Waals surface area contributed by atoms with E-state index in [1.807, 2.05) is 23.9 Å². The van der Waals surface area contributed by atoms with Crippen LogP contribution in [0.25, 0.3) is 0 Å². The molecule has 2 heterocycles. The van der Waals surface area contributed by atoms with Crippen molar-refractivity contribution in [3.63, 3.8) is 0 Å². The van der Waals surface area contributed by atoms with E-state index in [-0.39, 0.29) is 23.4 Å². The molecule has 2 atom stereocenters. The molecule has 19 heavy (non-hydrogen) atoms. The van der Waals surface area contributed by atoms with E-state index in [1.54, 1.807) is 0 Å². The molecule has 0 aromatic heterocycles. The first-order valence-electron chi connectivity index (χ1n) is 7.17. The van der Waals surface area contributed by atoms with E-state index in [0.29, 0.717) is 13.0 Å². The van der Waals surface area contributed by atoms with Crippen molar-refractivity contribution in [2.24, 2.45) is 0 Å². The molecule has 5 nitrogen and oxygen atoms in total. The van der Waals surface area contributed by atoms with Crippen LogP contribution in [0.1, 0.15) is 39.0 Å². The van der Waals surface area contributed by atoms with Crippen molar-refractivity contribution < 1.29 is 9.59 Å². The Morgan fingerprint density at radius 1 is 1.47 bits per heavy atom. The number of nitrogens with one attached hydrogen (secondary N) is 1. The molecular formula is C14H25N3O2. The summed E-state index contributed by atoms with van der Waals surface area (Å²) < 4.78 is 0. The summed E-state index contributed by atoms with van der Waals surface area (Å²) in [5.41, 5.74) is -0.242. The summed E-state index contributed by atoms with van der Waals surface area (Å²) in [5, 5.41) is 3.15. The summed E-state index contributed by atoms with van der Waals surface area (Å²) in [6.45, 7) is 3.36. The highest BCUT2D eigenvalue weighted by Gasteiger charge is 2.44. The Morgan fingerprint density at radius 2 is 2.21 bits per heavy atom. The first kappa shape index (κ1) is 14.3. The Kier molecular flexibility index (Phi) is 4.13. The normalized spacial score (nSPS) is 31.7. The number of piperidine rings is 1. The molecule has 2 saturated heterocycles. The van der Waals surface area contributed by atoms with E-state index in [9.17, 15) is 9.59 Å². The fourth-order valence-corrected chi connectivity index (χ4v) is 3.40. The fourth-order valence-electron chi connectivity index (χ4n) is 3.40. The molecule has 0 aromatic carbocycles. The molecule has 2 fully saturated rings. The third-order valence-electron chi connectivity index (χ3n) is 4.29. The second-order valence-corrected chi connectivity index (χ2v) is 6.30. The first-order valence-corrected chi connectivity index (χ1v) is 7.17. The number of likely N-dealkylation sites (tertiary alicyclic amines) is 1. The average Bonchev–Trinajstić information content (AvgIpc) is 2.44. The zero-order valence-corrected chi connectivity index (χ0v) is 12.2. The van der Waals surface area contributed by atoms with Crippen molar-refractivity contribution in [2.45, 2.75) is 50.6 Å². The van der Waals surface area contributed by atoms with E-state index in [4.69, 9.17) is 0 Å². The van der Waals surface area contributed by atoms with Gasteiger partial charge in [0.05, 0.1) is 18.1 Å².